The minimum absolute atomic E-state index is 0.148. The molecule has 4 nitrogen and oxygen atoms in total. The van der Waals surface area contributed by atoms with E-state index in [-0.39, 0.29) is 18.0 Å². The molecule has 0 aliphatic carbocycles. The van der Waals surface area contributed by atoms with Crippen LogP contribution in [0.2, 0.25) is 0 Å². The Hall–Kier alpha value is -2.70. The van der Waals surface area contributed by atoms with Crippen molar-refractivity contribution in [2.45, 2.75) is 20.0 Å². The van der Waals surface area contributed by atoms with Crippen LogP contribution in [0.3, 0.4) is 0 Å². The van der Waals surface area contributed by atoms with E-state index in [0.717, 1.165) is 12.1 Å². The normalized spacial score (nSPS) is 11.7. The number of ether oxygens (including phenoxy) is 1. The predicted octanol–water partition coefficient (Wildman–Crippen LogP) is 4.05. The highest BCUT2D eigenvalue weighted by molar-refractivity contribution is 5.86. The maximum absolute atomic E-state index is 12.9. The van der Waals surface area contributed by atoms with Crippen LogP contribution in [0.1, 0.15) is 23.7 Å². The number of carbonyl (C=O) groups excluding carboxylic acids is 1. The fourth-order valence-electron chi connectivity index (χ4n) is 2.02. The molecule has 7 heteroatoms. The summed E-state index contributed by atoms with van der Waals surface area (Å²) in [6.07, 6.45) is -0.401. The number of hydrogen-bond donors (Lipinski definition) is 0. The molecule has 2 aromatic rings. The van der Waals surface area contributed by atoms with Crippen LogP contribution >= 0.6 is 0 Å². The molecule has 1 heterocycles. The molecule has 0 unspecified atom stereocenters. The van der Waals surface area contributed by atoms with Gasteiger partial charge in [-0.15, -0.1) is 0 Å². The number of alkyl halides is 3. The molecule has 0 atom stereocenters. The van der Waals surface area contributed by atoms with Crippen molar-refractivity contribution >= 4 is 12.0 Å². The monoisotopic (exact) mass is 336 g/mol. The van der Waals surface area contributed by atoms with Crippen molar-refractivity contribution in [2.24, 2.45) is 0 Å². The van der Waals surface area contributed by atoms with Crippen LogP contribution in [-0.2, 0) is 15.7 Å². The lowest BCUT2D eigenvalue weighted by molar-refractivity contribution is -0.138. The van der Waals surface area contributed by atoms with Gasteiger partial charge in [0.05, 0.1) is 17.9 Å². The van der Waals surface area contributed by atoms with E-state index in [1.54, 1.807) is 26.0 Å². The number of halogens is 3. The molecule has 1 aromatic heterocycles. The topological polar surface area (TPSA) is 52.1 Å². The highest BCUT2D eigenvalue weighted by atomic mass is 19.4. The Labute approximate surface area is 137 Å². The van der Waals surface area contributed by atoms with Gasteiger partial charge < -0.3 is 4.74 Å². The van der Waals surface area contributed by atoms with Crippen molar-refractivity contribution in [2.75, 3.05) is 6.61 Å². The van der Waals surface area contributed by atoms with Crippen LogP contribution in [0.15, 0.2) is 36.5 Å². The molecule has 0 aliphatic heterocycles. The van der Waals surface area contributed by atoms with Gasteiger partial charge in [-0.25, -0.2) is 14.8 Å². The van der Waals surface area contributed by atoms with E-state index in [0.29, 0.717) is 11.3 Å². The first kappa shape index (κ1) is 17.7. The Morgan fingerprint density at radius 3 is 2.71 bits per heavy atom. The molecule has 0 fully saturated rings. The molecule has 126 valence electrons. The summed E-state index contributed by atoms with van der Waals surface area (Å²) in [5.41, 5.74) is 0.348. The summed E-state index contributed by atoms with van der Waals surface area (Å²) >= 11 is 0. The Morgan fingerprint density at radius 1 is 1.29 bits per heavy atom. The van der Waals surface area contributed by atoms with Gasteiger partial charge in [0.25, 0.3) is 0 Å². The second kappa shape index (κ2) is 7.25. The third-order valence-corrected chi connectivity index (χ3v) is 3.02. The van der Waals surface area contributed by atoms with E-state index in [4.69, 9.17) is 4.74 Å². The van der Waals surface area contributed by atoms with E-state index in [1.807, 2.05) is 0 Å². The van der Waals surface area contributed by atoms with E-state index < -0.39 is 17.7 Å². The van der Waals surface area contributed by atoms with Crippen molar-refractivity contribution in [3.05, 3.63) is 53.4 Å². The van der Waals surface area contributed by atoms with Crippen molar-refractivity contribution in [1.29, 1.82) is 0 Å². The molecular formula is C17H15F3N2O2. The van der Waals surface area contributed by atoms with Gasteiger partial charge in [-0.3, -0.25) is 0 Å². The Morgan fingerprint density at radius 2 is 2.04 bits per heavy atom. The van der Waals surface area contributed by atoms with Gasteiger partial charge in [-0.05, 0) is 49.8 Å². The lowest BCUT2D eigenvalue weighted by Crippen LogP contribution is -2.06. The van der Waals surface area contributed by atoms with Crippen LogP contribution in [0, 0.1) is 6.92 Å². The van der Waals surface area contributed by atoms with Crippen LogP contribution < -0.4 is 0 Å². The Bertz CT molecular complexity index is 771. The smallest absolute Gasteiger partial charge is 0.416 e. The molecule has 1 aromatic carbocycles. The average molecular weight is 336 g/mol. The molecule has 0 radical (unpaired) electrons. The summed E-state index contributed by atoms with van der Waals surface area (Å²) in [6, 6.07) is 5.18. The first-order valence-corrected chi connectivity index (χ1v) is 7.16. The number of aromatic nitrogens is 2. The molecular weight excluding hydrogens is 321 g/mol. The van der Waals surface area contributed by atoms with Crippen LogP contribution in [-0.4, -0.2) is 22.5 Å². The third kappa shape index (κ3) is 4.65. The number of carbonyl (C=O) groups is 1. The number of nitrogens with zero attached hydrogens (tertiary/aromatic N) is 2. The van der Waals surface area contributed by atoms with Crippen LogP contribution in [0.5, 0.6) is 0 Å². The number of esters is 1. The van der Waals surface area contributed by atoms with Crippen molar-refractivity contribution in [1.82, 2.24) is 9.97 Å². The fourth-order valence-corrected chi connectivity index (χ4v) is 2.02. The van der Waals surface area contributed by atoms with E-state index in [2.05, 4.69) is 9.97 Å². The van der Waals surface area contributed by atoms with Crippen molar-refractivity contribution < 1.29 is 22.7 Å². The molecule has 0 bridgehead atoms. The van der Waals surface area contributed by atoms with Crippen LogP contribution in [0.25, 0.3) is 17.5 Å². The minimum Gasteiger partial charge on any atom is -0.463 e. The molecule has 0 spiro atoms. The van der Waals surface area contributed by atoms with Gasteiger partial charge in [0, 0.05) is 17.8 Å². The molecule has 0 N–H and O–H groups in total. The van der Waals surface area contributed by atoms with Crippen molar-refractivity contribution in [3.8, 4) is 11.4 Å². The van der Waals surface area contributed by atoms with E-state index >= 15 is 0 Å². The van der Waals surface area contributed by atoms with Gasteiger partial charge in [-0.2, -0.15) is 13.2 Å². The Balaban J connectivity index is 2.35. The zero-order valence-electron chi connectivity index (χ0n) is 13.1. The first-order chi connectivity index (χ1) is 11.3. The molecule has 0 aliphatic rings. The third-order valence-electron chi connectivity index (χ3n) is 3.02. The predicted molar refractivity (Wildman–Crippen MR) is 82.9 cm³/mol. The lowest BCUT2D eigenvalue weighted by Gasteiger charge is -2.10. The summed E-state index contributed by atoms with van der Waals surface area (Å²) < 4.78 is 43.5. The lowest BCUT2D eigenvalue weighted by atomic mass is 10.1. The summed E-state index contributed by atoms with van der Waals surface area (Å²) in [7, 11) is 0. The molecule has 0 saturated carbocycles. The summed E-state index contributed by atoms with van der Waals surface area (Å²) in [6.45, 7) is 3.51. The van der Waals surface area contributed by atoms with Gasteiger partial charge in [0.15, 0.2) is 5.82 Å². The molecule has 2 rings (SSSR count). The highest BCUT2D eigenvalue weighted by Crippen LogP contribution is 2.32. The van der Waals surface area contributed by atoms with E-state index in [1.165, 1.54) is 18.3 Å². The van der Waals surface area contributed by atoms with E-state index in [9.17, 15) is 18.0 Å². The minimum atomic E-state index is -4.44. The van der Waals surface area contributed by atoms with Gasteiger partial charge >= 0.3 is 12.1 Å². The standard InChI is InChI=1S/C17H15F3N2O2/c1-3-24-15(23)5-4-14-6-7-21-16(22-14)12-8-11(2)9-13(10-12)17(18,19)20/h4-10H,3H2,1-2H3/b5-4+. The summed E-state index contributed by atoms with van der Waals surface area (Å²) in [4.78, 5) is 19.5. The van der Waals surface area contributed by atoms with Gasteiger partial charge in [-0.1, -0.05) is 0 Å². The van der Waals surface area contributed by atoms with Crippen LogP contribution in [0.4, 0.5) is 13.2 Å². The molecule has 0 saturated heterocycles. The number of benzene rings is 1. The zero-order valence-corrected chi connectivity index (χ0v) is 13.1. The summed E-state index contributed by atoms with van der Waals surface area (Å²) in [5, 5.41) is 0. The second-order valence-electron chi connectivity index (χ2n) is 4.98. The number of rotatable bonds is 4. The molecule has 24 heavy (non-hydrogen) atoms. The maximum atomic E-state index is 12.9. The van der Waals surface area contributed by atoms with Gasteiger partial charge in [0.2, 0.25) is 0 Å². The quantitative estimate of drug-likeness (QED) is 0.624. The number of hydrogen-bond acceptors (Lipinski definition) is 4. The fraction of sp³-hybridized carbons (Fsp3) is 0.235. The van der Waals surface area contributed by atoms with Gasteiger partial charge in [0.1, 0.15) is 0 Å². The number of aryl methyl sites for hydroxylation is 1. The maximum Gasteiger partial charge on any atom is 0.416 e. The second-order valence-corrected chi connectivity index (χ2v) is 4.98. The highest BCUT2D eigenvalue weighted by Gasteiger charge is 2.31. The zero-order chi connectivity index (χ0) is 17.7. The largest absolute Gasteiger partial charge is 0.463 e. The van der Waals surface area contributed by atoms with Crippen molar-refractivity contribution in [3.63, 3.8) is 0 Å². The Kier molecular flexibility index (Phi) is 5.33. The first-order valence-electron chi connectivity index (χ1n) is 7.16. The summed E-state index contributed by atoms with van der Waals surface area (Å²) in [5.74, 6) is -0.372. The molecule has 0 amide bonds. The SMILES string of the molecule is CCOC(=O)/C=C/c1ccnc(-c2cc(C)cc(C(F)(F)F)c2)n1. The average Bonchev–Trinajstić information content (AvgIpc) is 2.52.